The van der Waals surface area contributed by atoms with Crippen molar-refractivity contribution in [2.45, 2.75) is 6.42 Å². The SMILES string of the molecule is C=CCN1CCCN(C(=O)c2ccc(Cl)cc2Cl)CC1. The minimum Gasteiger partial charge on any atom is -0.337 e. The molecule has 0 saturated carbocycles. The van der Waals surface area contributed by atoms with Gasteiger partial charge in [0.2, 0.25) is 0 Å². The molecule has 0 radical (unpaired) electrons. The van der Waals surface area contributed by atoms with E-state index in [-0.39, 0.29) is 5.91 Å². The molecule has 2 rings (SSSR count). The predicted octanol–water partition coefficient (Wildman–Crippen LogP) is 3.33. The van der Waals surface area contributed by atoms with Gasteiger partial charge in [-0.3, -0.25) is 9.69 Å². The minimum atomic E-state index is -0.0212. The Morgan fingerprint density at radius 2 is 2.05 bits per heavy atom. The zero-order chi connectivity index (χ0) is 14.5. The average Bonchev–Trinajstić information content (AvgIpc) is 2.64. The Hall–Kier alpha value is -1.03. The van der Waals surface area contributed by atoms with Crippen molar-refractivity contribution in [1.82, 2.24) is 9.80 Å². The number of rotatable bonds is 3. The Bertz CT molecular complexity index is 505. The van der Waals surface area contributed by atoms with E-state index in [0.29, 0.717) is 22.2 Å². The summed E-state index contributed by atoms with van der Waals surface area (Å²) in [5.74, 6) is -0.0212. The molecule has 0 spiro atoms. The lowest BCUT2D eigenvalue weighted by Gasteiger charge is -2.21. The van der Waals surface area contributed by atoms with Crippen LogP contribution in [0, 0.1) is 0 Å². The second kappa shape index (κ2) is 7.11. The van der Waals surface area contributed by atoms with Gasteiger partial charge in [0.25, 0.3) is 5.91 Å². The largest absolute Gasteiger partial charge is 0.337 e. The number of amides is 1. The summed E-state index contributed by atoms with van der Waals surface area (Å²) in [6.07, 6.45) is 2.86. The van der Waals surface area contributed by atoms with Gasteiger partial charge in [-0.15, -0.1) is 6.58 Å². The van der Waals surface area contributed by atoms with Gasteiger partial charge in [-0.05, 0) is 24.6 Å². The van der Waals surface area contributed by atoms with Crippen molar-refractivity contribution in [3.05, 3.63) is 46.5 Å². The Labute approximate surface area is 129 Å². The van der Waals surface area contributed by atoms with Crippen LogP contribution in [0.1, 0.15) is 16.8 Å². The third-order valence-corrected chi connectivity index (χ3v) is 3.97. The lowest BCUT2D eigenvalue weighted by Crippen LogP contribution is -2.35. The highest BCUT2D eigenvalue weighted by atomic mass is 35.5. The molecule has 0 atom stereocenters. The van der Waals surface area contributed by atoms with E-state index in [1.807, 2.05) is 11.0 Å². The molecule has 0 N–H and O–H groups in total. The van der Waals surface area contributed by atoms with Crippen LogP contribution in [-0.2, 0) is 0 Å². The van der Waals surface area contributed by atoms with E-state index < -0.39 is 0 Å². The second-order valence-corrected chi connectivity index (χ2v) is 5.70. The average molecular weight is 313 g/mol. The molecule has 3 nitrogen and oxygen atoms in total. The topological polar surface area (TPSA) is 23.6 Å². The van der Waals surface area contributed by atoms with E-state index in [4.69, 9.17) is 23.2 Å². The number of halogens is 2. The molecule has 20 heavy (non-hydrogen) atoms. The van der Waals surface area contributed by atoms with Gasteiger partial charge in [-0.25, -0.2) is 0 Å². The van der Waals surface area contributed by atoms with E-state index in [1.54, 1.807) is 18.2 Å². The summed E-state index contributed by atoms with van der Waals surface area (Å²) in [5.41, 5.74) is 0.522. The Kier molecular flexibility index (Phi) is 5.46. The van der Waals surface area contributed by atoms with Gasteiger partial charge in [-0.1, -0.05) is 29.3 Å². The molecule has 0 unspecified atom stereocenters. The van der Waals surface area contributed by atoms with Gasteiger partial charge < -0.3 is 4.90 Å². The number of carbonyl (C=O) groups excluding carboxylic acids is 1. The molecular formula is C15H18Cl2N2O. The molecule has 0 aromatic heterocycles. The number of benzene rings is 1. The smallest absolute Gasteiger partial charge is 0.255 e. The van der Waals surface area contributed by atoms with Crippen molar-refractivity contribution >= 4 is 29.1 Å². The second-order valence-electron chi connectivity index (χ2n) is 4.86. The highest BCUT2D eigenvalue weighted by molar-refractivity contribution is 6.36. The van der Waals surface area contributed by atoms with Crippen LogP contribution in [0.4, 0.5) is 0 Å². The molecule has 108 valence electrons. The van der Waals surface area contributed by atoms with Gasteiger partial charge in [0, 0.05) is 37.7 Å². The maximum atomic E-state index is 12.5. The fourth-order valence-corrected chi connectivity index (χ4v) is 2.86. The lowest BCUT2D eigenvalue weighted by atomic mass is 10.2. The van der Waals surface area contributed by atoms with E-state index in [1.165, 1.54) is 0 Å². The van der Waals surface area contributed by atoms with Gasteiger partial charge >= 0.3 is 0 Å². The molecule has 5 heteroatoms. The van der Waals surface area contributed by atoms with Crippen molar-refractivity contribution in [1.29, 1.82) is 0 Å². The van der Waals surface area contributed by atoms with Crippen LogP contribution in [0.25, 0.3) is 0 Å². The molecule has 1 aromatic carbocycles. The van der Waals surface area contributed by atoms with Crippen molar-refractivity contribution in [2.24, 2.45) is 0 Å². The highest BCUT2D eigenvalue weighted by Crippen LogP contribution is 2.22. The van der Waals surface area contributed by atoms with Crippen molar-refractivity contribution in [2.75, 3.05) is 32.7 Å². The molecule has 1 aliphatic rings. The van der Waals surface area contributed by atoms with E-state index >= 15 is 0 Å². The molecule has 1 fully saturated rings. The van der Waals surface area contributed by atoms with Crippen molar-refractivity contribution < 1.29 is 4.79 Å². The van der Waals surface area contributed by atoms with Gasteiger partial charge in [0.15, 0.2) is 0 Å². The predicted molar refractivity (Wildman–Crippen MR) is 83.6 cm³/mol. The minimum absolute atomic E-state index is 0.0212. The van der Waals surface area contributed by atoms with Crippen LogP contribution < -0.4 is 0 Å². The molecular weight excluding hydrogens is 295 g/mol. The number of nitrogens with zero attached hydrogens (tertiary/aromatic N) is 2. The fraction of sp³-hybridized carbons (Fsp3) is 0.400. The molecule has 1 aliphatic heterocycles. The standard InChI is InChI=1S/C15H18Cl2N2O/c1-2-6-18-7-3-8-19(10-9-18)15(20)13-5-4-12(16)11-14(13)17/h2,4-5,11H,1,3,6-10H2. The number of hydrogen-bond donors (Lipinski definition) is 0. The van der Waals surface area contributed by atoms with E-state index in [9.17, 15) is 4.79 Å². The molecule has 1 aromatic rings. The Morgan fingerprint density at radius 1 is 1.25 bits per heavy atom. The lowest BCUT2D eigenvalue weighted by molar-refractivity contribution is 0.0762. The van der Waals surface area contributed by atoms with Crippen LogP contribution in [-0.4, -0.2) is 48.4 Å². The van der Waals surface area contributed by atoms with E-state index in [0.717, 1.165) is 32.6 Å². The number of carbonyl (C=O) groups is 1. The molecule has 1 saturated heterocycles. The summed E-state index contributed by atoms with van der Waals surface area (Å²) in [5, 5.41) is 0.953. The Balaban J connectivity index is 2.07. The maximum absolute atomic E-state index is 12.5. The Morgan fingerprint density at radius 3 is 2.75 bits per heavy atom. The summed E-state index contributed by atoms with van der Waals surface area (Å²) in [6.45, 7) is 7.94. The van der Waals surface area contributed by atoms with Crippen LogP contribution in [0.3, 0.4) is 0 Å². The summed E-state index contributed by atoms with van der Waals surface area (Å²) < 4.78 is 0. The fourth-order valence-electron chi connectivity index (χ4n) is 2.37. The molecule has 0 aliphatic carbocycles. The zero-order valence-corrected chi connectivity index (χ0v) is 12.8. The molecule has 1 heterocycles. The van der Waals surface area contributed by atoms with Gasteiger partial charge in [-0.2, -0.15) is 0 Å². The third-order valence-electron chi connectivity index (χ3n) is 3.42. The highest BCUT2D eigenvalue weighted by Gasteiger charge is 2.21. The van der Waals surface area contributed by atoms with Crippen LogP contribution in [0.5, 0.6) is 0 Å². The molecule has 1 amide bonds. The summed E-state index contributed by atoms with van der Waals surface area (Å²) in [7, 11) is 0. The maximum Gasteiger partial charge on any atom is 0.255 e. The number of hydrogen-bond acceptors (Lipinski definition) is 2. The molecule has 0 bridgehead atoms. The normalized spacial score (nSPS) is 16.8. The van der Waals surface area contributed by atoms with Gasteiger partial charge in [0.05, 0.1) is 10.6 Å². The van der Waals surface area contributed by atoms with E-state index in [2.05, 4.69) is 11.5 Å². The van der Waals surface area contributed by atoms with Gasteiger partial charge in [0.1, 0.15) is 0 Å². The first-order valence-corrected chi connectivity index (χ1v) is 7.45. The summed E-state index contributed by atoms with van der Waals surface area (Å²) >= 11 is 12.0. The van der Waals surface area contributed by atoms with Crippen LogP contribution >= 0.6 is 23.2 Å². The monoisotopic (exact) mass is 312 g/mol. The first-order chi connectivity index (χ1) is 9.61. The van der Waals surface area contributed by atoms with Crippen molar-refractivity contribution in [3.8, 4) is 0 Å². The first kappa shape index (κ1) is 15.4. The first-order valence-electron chi connectivity index (χ1n) is 6.69. The van der Waals surface area contributed by atoms with Crippen LogP contribution in [0.15, 0.2) is 30.9 Å². The third kappa shape index (κ3) is 3.75. The van der Waals surface area contributed by atoms with Crippen LogP contribution in [0.2, 0.25) is 10.0 Å². The van der Waals surface area contributed by atoms with Crippen molar-refractivity contribution in [3.63, 3.8) is 0 Å². The quantitative estimate of drug-likeness (QED) is 0.799. The zero-order valence-electron chi connectivity index (χ0n) is 11.3. The summed E-state index contributed by atoms with van der Waals surface area (Å²) in [6, 6.07) is 5.00. The summed E-state index contributed by atoms with van der Waals surface area (Å²) in [4.78, 5) is 16.7.